The second-order valence-electron chi connectivity index (χ2n) is 4.04. The summed E-state index contributed by atoms with van der Waals surface area (Å²) in [6.07, 6.45) is 0. The Hall–Kier alpha value is -1.55. The highest BCUT2D eigenvalue weighted by Crippen LogP contribution is 2.07. The molecular formula is C14H23N3O. The van der Waals surface area contributed by atoms with Gasteiger partial charge in [0.05, 0.1) is 13.2 Å². The van der Waals surface area contributed by atoms with Gasteiger partial charge in [0, 0.05) is 20.2 Å². The summed E-state index contributed by atoms with van der Waals surface area (Å²) < 4.78 is 5.01. The molecule has 0 heterocycles. The Bertz CT molecular complexity index is 377. The molecule has 18 heavy (non-hydrogen) atoms. The van der Waals surface area contributed by atoms with E-state index in [9.17, 15) is 0 Å². The van der Waals surface area contributed by atoms with Crippen LogP contribution in [0, 0.1) is 6.92 Å². The van der Waals surface area contributed by atoms with Gasteiger partial charge in [-0.25, -0.2) is 4.99 Å². The summed E-state index contributed by atoms with van der Waals surface area (Å²) in [6.45, 7) is 7.14. The molecule has 100 valence electrons. The minimum absolute atomic E-state index is 0.675. The van der Waals surface area contributed by atoms with Crippen LogP contribution in [0.25, 0.3) is 0 Å². The van der Waals surface area contributed by atoms with Gasteiger partial charge in [-0.3, -0.25) is 0 Å². The third-order valence-corrected chi connectivity index (χ3v) is 2.61. The Morgan fingerprint density at radius 1 is 1.28 bits per heavy atom. The summed E-state index contributed by atoms with van der Waals surface area (Å²) in [6, 6.07) is 8.31. The lowest BCUT2D eigenvalue weighted by Crippen LogP contribution is -2.38. The zero-order chi connectivity index (χ0) is 13.2. The molecule has 4 heteroatoms. The first-order valence-corrected chi connectivity index (χ1v) is 6.33. The van der Waals surface area contributed by atoms with E-state index in [1.54, 1.807) is 7.11 Å². The monoisotopic (exact) mass is 249 g/mol. The Kier molecular flexibility index (Phi) is 6.87. The van der Waals surface area contributed by atoms with E-state index in [-0.39, 0.29) is 0 Å². The molecule has 0 aliphatic carbocycles. The average Bonchev–Trinajstić information content (AvgIpc) is 2.38. The van der Waals surface area contributed by atoms with Crippen LogP contribution >= 0.6 is 0 Å². The quantitative estimate of drug-likeness (QED) is 0.458. The summed E-state index contributed by atoms with van der Waals surface area (Å²) in [7, 11) is 1.69. The highest BCUT2D eigenvalue weighted by molar-refractivity contribution is 5.79. The first kappa shape index (κ1) is 14.5. The van der Waals surface area contributed by atoms with Gasteiger partial charge in [-0.1, -0.05) is 24.3 Å². The highest BCUT2D eigenvalue weighted by atomic mass is 16.5. The van der Waals surface area contributed by atoms with Crippen LogP contribution in [0.2, 0.25) is 0 Å². The Balaban J connectivity index is 2.56. The highest BCUT2D eigenvalue weighted by Gasteiger charge is 1.98. The summed E-state index contributed by atoms with van der Waals surface area (Å²) in [5.74, 6) is 0.831. The number of nitrogens with zero attached hydrogens (tertiary/aromatic N) is 1. The maximum absolute atomic E-state index is 5.01. The molecule has 2 N–H and O–H groups in total. The Morgan fingerprint density at radius 3 is 2.72 bits per heavy atom. The molecule has 0 saturated carbocycles. The van der Waals surface area contributed by atoms with Gasteiger partial charge >= 0.3 is 0 Å². The number of rotatable bonds is 6. The minimum atomic E-state index is 0.675. The average molecular weight is 249 g/mol. The normalized spacial score (nSPS) is 11.4. The van der Waals surface area contributed by atoms with E-state index in [0.717, 1.165) is 19.0 Å². The van der Waals surface area contributed by atoms with Crippen molar-refractivity contribution in [3.8, 4) is 0 Å². The number of guanidine groups is 1. The van der Waals surface area contributed by atoms with E-state index in [1.807, 2.05) is 12.1 Å². The van der Waals surface area contributed by atoms with Crippen molar-refractivity contribution >= 4 is 5.96 Å². The molecule has 0 amide bonds. The van der Waals surface area contributed by atoms with E-state index in [1.165, 1.54) is 11.1 Å². The summed E-state index contributed by atoms with van der Waals surface area (Å²) >= 11 is 0. The minimum Gasteiger partial charge on any atom is -0.383 e. The first-order chi connectivity index (χ1) is 8.77. The zero-order valence-electron chi connectivity index (χ0n) is 11.5. The van der Waals surface area contributed by atoms with Crippen molar-refractivity contribution in [2.24, 2.45) is 4.99 Å². The molecule has 0 atom stereocenters. The number of hydrogen-bond donors (Lipinski definition) is 2. The van der Waals surface area contributed by atoms with Crippen LogP contribution < -0.4 is 10.6 Å². The maximum Gasteiger partial charge on any atom is 0.191 e. The predicted molar refractivity (Wildman–Crippen MR) is 75.9 cm³/mol. The van der Waals surface area contributed by atoms with Crippen molar-refractivity contribution in [1.82, 2.24) is 10.6 Å². The molecule has 0 bridgehead atoms. The smallest absolute Gasteiger partial charge is 0.191 e. The molecule has 0 saturated heterocycles. The van der Waals surface area contributed by atoms with Crippen LogP contribution in [-0.2, 0) is 11.3 Å². The molecule has 1 aromatic carbocycles. The number of hydrogen-bond acceptors (Lipinski definition) is 2. The lowest BCUT2D eigenvalue weighted by atomic mass is 10.1. The molecule has 1 rings (SSSR count). The molecule has 1 aromatic rings. The van der Waals surface area contributed by atoms with Gasteiger partial charge in [-0.15, -0.1) is 0 Å². The molecule has 0 aromatic heterocycles. The van der Waals surface area contributed by atoms with Gasteiger partial charge in [0.25, 0.3) is 0 Å². The number of aliphatic imine (C=N–C) groups is 1. The fourth-order valence-corrected chi connectivity index (χ4v) is 1.56. The van der Waals surface area contributed by atoms with Gasteiger partial charge in [0.15, 0.2) is 5.96 Å². The molecule has 0 aliphatic rings. The fourth-order valence-electron chi connectivity index (χ4n) is 1.56. The fraction of sp³-hybridized carbons (Fsp3) is 0.500. The topological polar surface area (TPSA) is 45.7 Å². The molecule has 0 unspecified atom stereocenters. The number of methoxy groups -OCH3 is 1. The second kappa shape index (κ2) is 8.53. The number of benzene rings is 1. The molecule has 4 nitrogen and oxygen atoms in total. The van der Waals surface area contributed by atoms with Crippen LogP contribution in [-0.4, -0.2) is 32.8 Å². The van der Waals surface area contributed by atoms with Gasteiger partial charge < -0.3 is 15.4 Å². The van der Waals surface area contributed by atoms with Crippen LogP contribution in [0.3, 0.4) is 0 Å². The van der Waals surface area contributed by atoms with Crippen LogP contribution in [0.5, 0.6) is 0 Å². The van der Waals surface area contributed by atoms with Crippen molar-refractivity contribution < 1.29 is 4.74 Å². The zero-order valence-corrected chi connectivity index (χ0v) is 11.5. The largest absolute Gasteiger partial charge is 0.383 e. The third kappa shape index (κ3) is 5.19. The summed E-state index contributed by atoms with van der Waals surface area (Å²) in [5, 5.41) is 6.44. The van der Waals surface area contributed by atoms with Crippen molar-refractivity contribution in [1.29, 1.82) is 0 Å². The van der Waals surface area contributed by atoms with E-state index in [2.05, 4.69) is 41.6 Å². The first-order valence-electron chi connectivity index (χ1n) is 6.33. The van der Waals surface area contributed by atoms with Gasteiger partial charge in [-0.05, 0) is 25.0 Å². The van der Waals surface area contributed by atoms with Crippen molar-refractivity contribution in [3.63, 3.8) is 0 Å². The Labute approximate surface area is 109 Å². The number of nitrogens with one attached hydrogen (secondary N) is 2. The molecular weight excluding hydrogens is 226 g/mol. The summed E-state index contributed by atoms with van der Waals surface area (Å²) in [5.41, 5.74) is 2.52. The van der Waals surface area contributed by atoms with Crippen molar-refractivity contribution in [2.45, 2.75) is 20.4 Å². The molecule has 0 fully saturated rings. The van der Waals surface area contributed by atoms with Crippen LogP contribution in [0.4, 0.5) is 0 Å². The third-order valence-electron chi connectivity index (χ3n) is 2.61. The van der Waals surface area contributed by atoms with E-state index >= 15 is 0 Å². The van der Waals surface area contributed by atoms with E-state index < -0.39 is 0 Å². The van der Waals surface area contributed by atoms with Gasteiger partial charge in [0.2, 0.25) is 0 Å². The predicted octanol–water partition coefficient (Wildman–Crippen LogP) is 1.70. The molecule has 0 spiro atoms. The van der Waals surface area contributed by atoms with Crippen molar-refractivity contribution in [3.05, 3.63) is 35.4 Å². The van der Waals surface area contributed by atoms with Gasteiger partial charge in [0.1, 0.15) is 0 Å². The van der Waals surface area contributed by atoms with Gasteiger partial charge in [-0.2, -0.15) is 0 Å². The van der Waals surface area contributed by atoms with E-state index in [0.29, 0.717) is 13.2 Å². The lowest BCUT2D eigenvalue weighted by Gasteiger charge is -2.11. The second-order valence-corrected chi connectivity index (χ2v) is 4.04. The maximum atomic E-state index is 5.01. The Morgan fingerprint density at radius 2 is 2.06 bits per heavy atom. The molecule has 0 radical (unpaired) electrons. The van der Waals surface area contributed by atoms with E-state index in [4.69, 9.17) is 4.74 Å². The number of ether oxygens (including phenoxy) is 1. The SMILES string of the molecule is CCNC(=NCc1ccccc1C)NCCOC. The molecule has 0 aliphatic heterocycles. The standard InChI is InChI=1S/C14H23N3O/c1-4-15-14(16-9-10-18-3)17-11-13-8-6-5-7-12(13)2/h5-8H,4,9-11H2,1-3H3,(H2,15,16,17). The van der Waals surface area contributed by atoms with Crippen LogP contribution in [0.1, 0.15) is 18.1 Å². The number of aryl methyl sites for hydroxylation is 1. The summed E-state index contributed by atoms with van der Waals surface area (Å²) in [4.78, 5) is 4.56. The van der Waals surface area contributed by atoms with Crippen molar-refractivity contribution in [2.75, 3.05) is 26.8 Å². The lowest BCUT2D eigenvalue weighted by molar-refractivity contribution is 0.203. The van der Waals surface area contributed by atoms with Crippen LogP contribution in [0.15, 0.2) is 29.3 Å².